The summed E-state index contributed by atoms with van der Waals surface area (Å²) in [4.78, 5) is 12.3. The van der Waals surface area contributed by atoms with Crippen LogP contribution in [0.3, 0.4) is 0 Å². The number of carbonyl (C=O) groups excluding carboxylic acids is 1. The fraction of sp³-hybridized carbons (Fsp3) is 0.0435. The Labute approximate surface area is 202 Å². The van der Waals surface area contributed by atoms with Crippen LogP contribution >= 0.6 is 39.3 Å². The molecule has 0 aliphatic heterocycles. The van der Waals surface area contributed by atoms with Gasteiger partial charge in [0.2, 0.25) is 0 Å². The number of carbonyl (C=O) groups is 1. The van der Waals surface area contributed by atoms with Crippen LogP contribution in [-0.2, 0) is 4.79 Å². The number of nitrogens with zero attached hydrogens (tertiary/aromatic N) is 4. The van der Waals surface area contributed by atoms with Crippen molar-refractivity contribution in [2.24, 2.45) is 5.10 Å². The topological polar surface area (TPSA) is 72.2 Å². The molecule has 0 bridgehead atoms. The standard InChI is InChI=1S/C23H17BrClN5OS/c24-18-9-11-20(12-10-18)30-22(17-6-2-1-3-7-17)28-29-23(30)32-15-21(31)27-26-14-16-5-4-8-19(25)13-16/h1-14H,15H2,(H,27,31). The highest BCUT2D eigenvalue weighted by Crippen LogP contribution is 2.28. The van der Waals surface area contributed by atoms with Crippen molar-refractivity contribution in [2.75, 3.05) is 5.75 Å². The van der Waals surface area contributed by atoms with Gasteiger partial charge in [-0.1, -0.05) is 81.8 Å². The van der Waals surface area contributed by atoms with Gasteiger partial charge in [-0.15, -0.1) is 10.2 Å². The molecular formula is C23H17BrClN5OS. The third kappa shape index (κ3) is 5.64. The van der Waals surface area contributed by atoms with Gasteiger partial charge in [-0.3, -0.25) is 9.36 Å². The fourth-order valence-corrected chi connectivity index (χ4v) is 4.10. The minimum absolute atomic E-state index is 0.135. The Balaban J connectivity index is 1.50. The molecule has 0 saturated heterocycles. The zero-order valence-corrected chi connectivity index (χ0v) is 19.8. The Bertz CT molecular complexity index is 1240. The van der Waals surface area contributed by atoms with Crippen molar-refractivity contribution in [3.8, 4) is 17.1 Å². The van der Waals surface area contributed by atoms with Gasteiger partial charge in [0.1, 0.15) is 0 Å². The molecule has 0 unspecified atom stereocenters. The number of hydrogen-bond acceptors (Lipinski definition) is 5. The van der Waals surface area contributed by atoms with E-state index in [1.54, 1.807) is 18.3 Å². The van der Waals surface area contributed by atoms with E-state index in [4.69, 9.17) is 11.6 Å². The number of aromatic nitrogens is 3. The van der Waals surface area contributed by atoms with Crippen molar-refractivity contribution >= 4 is 51.4 Å². The summed E-state index contributed by atoms with van der Waals surface area (Å²) >= 11 is 10.7. The number of benzene rings is 3. The average Bonchev–Trinajstić information content (AvgIpc) is 3.23. The molecule has 0 saturated carbocycles. The Kier molecular flexibility index (Phi) is 7.36. The number of hydrazone groups is 1. The lowest BCUT2D eigenvalue weighted by Gasteiger charge is -2.10. The first-order valence-corrected chi connectivity index (χ1v) is 11.7. The summed E-state index contributed by atoms with van der Waals surface area (Å²) in [6, 6.07) is 24.9. The highest BCUT2D eigenvalue weighted by atomic mass is 79.9. The number of halogens is 2. The van der Waals surface area contributed by atoms with Crippen LogP contribution in [-0.4, -0.2) is 32.6 Å². The largest absolute Gasteiger partial charge is 0.272 e. The van der Waals surface area contributed by atoms with Crippen LogP contribution < -0.4 is 5.43 Å². The predicted octanol–water partition coefficient (Wildman–Crippen LogP) is 5.59. The van der Waals surface area contributed by atoms with E-state index in [1.165, 1.54) is 11.8 Å². The number of rotatable bonds is 7. The van der Waals surface area contributed by atoms with Gasteiger partial charge >= 0.3 is 0 Å². The first kappa shape index (κ1) is 22.3. The Morgan fingerprint density at radius 3 is 2.59 bits per heavy atom. The van der Waals surface area contributed by atoms with E-state index in [2.05, 4.69) is 36.7 Å². The van der Waals surface area contributed by atoms with Gasteiger partial charge in [-0.05, 0) is 42.0 Å². The minimum atomic E-state index is -0.250. The zero-order chi connectivity index (χ0) is 22.3. The molecule has 0 fully saturated rings. The van der Waals surface area contributed by atoms with Crippen molar-refractivity contribution in [1.29, 1.82) is 0 Å². The summed E-state index contributed by atoms with van der Waals surface area (Å²) in [5, 5.41) is 13.9. The van der Waals surface area contributed by atoms with E-state index in [0.29, 0.717) is 16.0 Å². The second kappa shape index (κ2) is 10.6. The molecule has 0 aliphatic carbocycles. The predicted molar refractivity (Wildman–Crippen MR) is 132 cm³/mol. The van der Waals surface area contributed by atoms with E-state index in [9.17, 15) is 4.79 Å². The van der Waals surface area contributed by atoms with Crippen LogP contribution in [0.25, 0.3) is 17.1 Å². The highest BCUT2D eigenvalue weighted by molar-refractivity contribution is 9.10. The Morgan fingerprint density at radius 2 is 1.84 bits per heavy atom. The van der Waals surface area contributed by atoms with Crippen molar-refractivity contribution in [3.05, 3.63) is 93.9 Å². The second-order valence-electron chi connectivity index (χ2n) is 6.62. The Morgan fingerprint density at radius 1 is 1.06 bits per heavy atom. The molecule has 0 spiro atoms. The van der Waals surface area contributed by atoms with E-state index >= 15 is 0 Å². The molecule has 1 N–H and O–H groups in total. The lowest BCUT2D eigenvalue weighted by Crippen LogP contribution is -2.20. The number of amides is 1. The van der Waals surface area contributed by atoms with Crippen molar-refractivity contribution in [1.82, 2.24) is 20.2 Å². The summed E-state index contributed by atoms with van der Waals surface area (Å²) < 4.78 is 2.91. The highest BCUT2D eigenvalue weighted by Gasteiger charge is 2.17. The molecule has 4 rings (SSSR count). The van der Waals surface area contributed by atoms with Gasteiger partial charge in [0, 0.05) is 20.7 Å². The summed E-state index contributed by atoms with van der Waals surface area (Å²) in [6.07, 6.45) is 1.55. The van der Waals surface area contributed by atoms with Crippen LogP contribution in [0.15, 0.2) is 93.6 Å². The third-order valence-electron chi connectivity index (χ3n) is 4.33. The molecule has 0 atom stereocenters. The number of hydrogen-bond donors (Lipinski definition) is 1. The molecule has 1 aromatic heterocycles. The minimum Gasteiger partial charge on any atom is -0.272 e. The van der Waals surface area contributed by atoms with Gasteiger partial charge in [-0.2, -0.15) is 5.10 Å². The lowest BCUT2D eigenvalue weighted by atomic mass is 10.2. The third-order valence-corrected chi connectivity index (χ3v) is 6.03. The van der Waals surface area contributed by atoms with Gasteiger partial charge in [0.25, 0.3) is 5.91 Å². The molecular weight excluding hydrogens is 510 g/mol. The van der Waals surface area contributed by atoms with Gasteiger partial charge in [0.05, 0.1) is 12.0 Å². The first-order chi connectivity index (χ1) is 15.6. The van der Waals surface area contributed by atoms with Crippen LogP contribution in [0.5, 0.6) is 0 Å². The van der Waals surface area contributed by atoms with E-state index in [1.807, 2.05) is 71.3 Å². The molecule has 6 nitrogen and oxygen atoms in total. The molecule has 1 amide bonds. The Hall–Kier alpha value is -2.94. The normalized spacial score (nSPS) is 11.1. The van der Waals surface area contributed by atoms with Crippen molar-refractivity contribution in [2.45, 2.75) is 5.16 Å². The maximum absolute atomic E-state index is 12.3. The summed E-state index contributed by atoms with van der Waals surface area (Å²) in [6.45, 7) is 0. The maximum atomic E-state index is 12.3. The van der Waals surface area contributed by atoms with Crippen LogP contribution in [0, 0.1) is 0 Å². The lowest BCUT2D eigenvalue weighted by molar-refractivity contribution is -0.118. The SMILES string of the molecule is O=C(CSc1nnc(-c2ccccc2)n1-c1ccc(Br)cc1)NN=Cc1cccc(Cl)c1. The number of thioether (sulfide) groups is 1. The summed E-state index contributed by atoms with van der Waals surface area (Å²) in [7, 11) is 0. The molecule has 0 radical (unpaired) electrons. The quantitative estimate of drug-likeness (QED) is 0.193. The van der Waals surface area contributed by atoms with E-state index in [-0.39, 0.29) is 11.7 Å². The molecule has 9 heteroatoms. The van der Waals surface area contributed by atoms with Crippen LogP contribution in [0.4, 0.5) is 0 Å². The van der Waals surface area contributed by atoms with Gasteiger partial charge < -0.3 is 0 Å². The maximum Gasteiger partial charge on any atom is 0.250 e. The molecule has 1 heterocycles. The van der Waals surface area contributed by atoms with Gasteiger partial charge in [0.15, 0.2) is 11.0 Å². The van der Waals surface area contributed by atoms with E-state index < -0.39 is 0 Å². The monoisotopic (exact) mass is 525 g/mol. The number of nitrogens with one attached hydrogen (secondary N) is 1. The van der Waals surface area contributed by atoms with E-state index in [0.717, 1.165) is 21.3 Å². The fourth-order valence-electron chi connectivity index (χ4n) is 2.89. The molecule has 0 aliphatic rings. The molecule has 32 heavy (non-hydrogen) atoms. The summed E-state index contributed by atoms with van der Waals surface area (Å²) in [5.74, 6) is 0.589. The second-order valence-corrected chi connectivity index (χ2v) is 8.92. The van der Waals surface area contributed by atoms with Gasteiger partial charge in [-0.25, -0.2) is 5.43 Å². The average molecular weight is 527 g/mol. The zero-order valence-electron chi connectivity index (χ0n) is 16.7. The molecule has 160 valence electrons. The first-order valence-electron chi connectivity index (χ1n) is 9.57. The molecule has 3 aromatic carbocycles. The molecule has 4 aromatic rings. The van der Waals surface area contributed by atoms with Crippen molar-refractivity contribution < 1.29 is 4.79 Å². The summed E-state index contributed by atoms with van der Waals surface area (Å²) in [5.41, 5.74) is 5.17. The smallest absolute Gasteiger partial charge is 0.250 e. The van der Waals surface area contributed by atoms with Crippen molar-refractivity contribution in [3.63, 3.8) is 0 Å². The van der Waals surface area contributed by atoms with Crippen LogP contribution in [0.2, 0.25) is 5.02 Å². The van der Waals surface area contributed by atoms with Crippen LogP contribution in [0.1, 0.15) is 5.56 Å².